The molecule has 24 heavy (non-hydrogen) atoms. The second kappa shape index (κ2) is 5.99. The number of pyridine rings is 1. The number of nitriles is 1. The summed E-state index contributed by atoms with van der Waals surface area (Å²) in [6.07, 6.45) is 0. The lowest BCUT2D eigenvalue weighted by Crippen LogP contribution is -2.41. The number of carbonyl (C=O) groups is 1. The van der Waals surface area contributed by atoms with Gasteiger partial charge in [-0.3, -0.25) is 4.79 Å². The molecule has 1 aromatic carbocycles. The van der Waals surface area contributed by atoms with Crippen molar-refractivity contribution < 1.29 is 4.79 Å². The zero-order valence-corrected chi connectivity index (χ0v) is 14.0. The third-order valence-electron chi connectivity index (χ3n) is 3.85. The summed E-state index contributed by atoms with van der Waals surface area (Å²) in [5.41, 5.74) is 2.71. The van der Waals surface area contributed by atoms with Crippen molar-refractivity contribution >= 4 is 28.5 Å². The molecule has 5 nitrogen and oxygen atoms in total. The third-order valence-corrected chi connectivity index (χ3v) is 4.06. The Morgan fingerprint density at radius 1 is 1.25 bits per heavy atom. The highest BCUT2D eigenvalue weighted by atomic mass is 35.5. The maximum atomic E-state index is 12.6. The minimum atomic E-state index is -0.590. The van der Waals surface area contributed by atoms with Gasteiger partial charge >= 0.3 is 0 Å². The van der Waals surface area contributed by atoms with Crippen LogP contribution in [0.1, 0.15) is 35.5 Å². The predicted molar refractivity (Wildman–Crippen MR) is 92.8 cm³/mol. The van der Waals surface area contributed by atoms with Crippen LogP contribution < -0.4 is 5.32 Å². The number of aromatic nitrogens is 2. The second-order valence-electron chi connectivity index (χ2n) is 6.02. The van der Waals surface area contributed by atoms with E-state index in [-0.39, 0.29) is 5.91 Å². The van der Waals surface area contributed by atoms with E-state index < -0.39 is 5.54 Å². The number of halogens is 1. The highest BCUT2D eigenvalue weighted by Crippen LogP contribution is 2.22. The molecular weight excluding hydrogens is 324 g/mol. The summed E-state index contributed by atoms with van der Waals surface area (Å²) in [4.78, 5) is 19.8. The summed E-state index contributed by atoms with van der Waals surface area (Å²) < 4.78 is 0. The molecule has 3 aromatic rings. The zero-order valence-electron chi connectivity index (χ0n) is 13.2. The lowest BCUT2D eigenvalue weighted by Gasteiger charge is -2.26. The van der Waals surface area contributed by atoms with Gasteiger partial charge in [-0.1, -0.05) is 23.7 Å². The molecule has 1 amide bonds. The topological polar surface area (TPSA) is 81.6 Å². The summed E-state index contributed by atoms with van der Waals surface area (Å²) in [7, 11) is 0. The first kappa shape index (κ1) is 16.0. The van der Waals surface area contributed by atoms with Crippen LogP contribution in [0.4, 0.5) is 0 Å². The number of rotatable bonds is 3. The normalized spacial score (nSPS) is 11.2. The molecule has 0 fully saturated rings. The largest absolute Gasteiger partial charge is 0.349 e. The van der Waals surface area contributed by atoms with Crippen molar-refractivity contribution in [3.8, 4) is 6.07 Å². The Labute approximate surface area is 144 Å². The van der Waals surface area contributed by atoms with Crippen LogP contribution in [-0.2, 0) is 5.54 Å². The van der Waals surface area contributed by atoms with Crippen LogP contribution in [0, 0.1) is 11.3 Å². The molecule has 120 valence electrons. The van der Waals surface area contributed by atoms with Gasteiger partial charge in [-0.25, -0.2) is 4.98 Å². The summed E-state index contributed by atoms with van der Waals surface area (Å²) in [6, 6.07) is 14.4. The van der Waals surface area contributed by atoms with Gasteiger partial charge in [0.05, 0.1) is 28.2 Å². The lowest BCUT2D eigenvalue weighted by atomic mass is 9.93. The van der Waals surface area contributed by atoms with E-state index in [1.807, 2.05) is 26.0 Å². The monoisotopic (exact) mass is 338 g/mol. The number of H-pyrrole nitrogens is 1. The molecule has 3 rings (SSSR count). The standard InChI is InChI=1S/C18H15ClN4O/c1-18(2,12-5-3-11(10-20)4-6-12)23-17(24)15-9-14-13(21-15)7-8-16(19)22-14/h3-9,21H,1-2H3,(H,23,24). The Balaban J connectivity index is 1.84. The van der Waals surface area contributed by atoms with E-state index in [9.17, 15) is 4.79 Å². The van der Waals surface area contributed by atoms with Crippen molar-refractivity contribution in [1.82, 2.24) is 15.3 Å². The Morgan fingerprint density at radius 3 is 2.62 bits per heavy atom. The van der Waals surface area contributed by atoms with E-state index in [0.717, 1.165) is 11.1 Å². The average Bonchev–Trinajstić information content (AvgIpc) is 2.98. The minimum Gasteiger partial charge on any atom is -0.349 e. The van der Waals surface area contributed by atoms with Crippen molar-refractivity contribution in [3.05, 3.63) is 64.4 Å². The number of amides is 1. The summed E-state index contributed by atoms with van der Waals surface area (Å²) in [5, 5.41) is 12.2. The maximum Gasteiger partial charge on any atom is 0.268 e. The molecule has 0 aliphatic heterocycles. The predicted octanol–water partition coefficient (Wildman–Crippen LogP) is 3.75. The maximum absolute atomic E-state index is 12.6. The Morgan fingerprint density at radius 2 is 1.96 bits per heavy atom. The molecule has 0 saturated carbocycles. The molecule has 0 bridgehead atoms. The lowest BCUT2D eigenvalue weighted by molar-refractivity contribution is 0.0907. The van der Waals surface area contributed by atoms with Gasteiger partial charge in [0.2, 0.25) is 0 Å². The highest BCUT2D eigenvalue weighted by Gasteiger charge is 2.24. The van der Waals surface area contributed by atoms with Gasteiger partial charge in [-0.2, -0.15) is 5.26 Å². The summed E-state index contributed by atoms with van der Waals surface area (Å²) >= 11 is 5.87. The average molecular weight is 339 g/mol. The van der Waals surface area contributed by atoms with Gasteiger partial charge in [0.25, 0.3) is 5.91 Å². The molecule has 0 unspecified atom stereocenters. The smallest absolute Gasteiger partial charge is 0.268 e. The fraction of sp³-hybridized carbons (Fsp3) is 0.167. The van der Waals surface area contributed by atoms with E-state index >= 15 is 0 Å². The number of nitrogens with zero attached hydrogens (tertiary/aromatic N) is 2. The van der Waals surface area contributed by atoms with Crippen LogP contribution in [0.25, 0.3) is 11.0 Å². The molecule has 6 heteroatoms. The molecule has 0 atom stereocenters. The number of benzene rings is 1. The van der Waals surface area contributed by atoms with E-state index in [4.69, 9.17) is 16.9 Å². The SMILES string of the molecule is CC(C)(NC(=O)c1cc2nc(Cl)ccc2[nH]1)c1ccc(C#N)cc1. The number of fused-ring (bicyclic) bond motifs is 1. The van der Waals surface area contributed by atoms with Crippen molar-refractivity contribution in [2.45, 2.75) is 19.4 Å². The van der Waals surface area contributed by atoms with Gasteiger partial charge in [0.15, 0.2) is 0 Å². The van der Waals surface area contributed by atoms with Crippen molar-refractivity contribution in [2.75, 3.05) is 0 Å². The quantitative estimate of drug-likeness (QED) is 0.713. The van der Waals surface area contributed by atoms with Crippen molar-refractivity contribution in [1.29, 1.82) is 5.26 Å². The van der Waals surface area contributed by atoms with Gasteiger partial charge in [0.1, 0.15) is 10.8 Å². The third kappa shape index (κ3) is 3.10. The molecular formula is C18H15ClN4O. The zero-order chi connectivity index (χ0) is 17.3. The molecule has 0 aliphatic carbocycles. The number of carbonyl (C=O) groups excluding carboxylic acids is 1. The minimum absolute atomic E-state index is 0.238. The van der Waals surface area contributed by atoms with E-state index in [2.05, 4.69) is 21.4 Å². The fourth-order valence-electron chi connectivity index (χ4n) is 2.49. The number of hydrogen-bond donors (Lipinski definition) is 2. The van der Waals surface area contributed by atoms with Crippen LogP contribution in [0.15, 0.2) is 42.5 Å². The van der Waals surface area contributed by atoms with Crippen molar-refractivity contribution in [3.63, 3.8) is 0 Å². The van der Waals surface area contributed by atoms with Crippen LogP contribution in [0.3, 0.4) is 0 Å². The van der Waals surface area contributed by atoms with Crippen LogP contribution in [-0.4, -0.2) is 15.9 Å². The van der Waals surface area contributed by atoms with E-state index in [0.29, 0.717) is 21.9 Å². The number of nitrogens with one attached hydrogen (secondary N) is 2. The number of hydrogen-bond acceptors (Lipinski definition) is 3. The fourth-order valence-corrected chi connectivity index (χ4v) is 2.64. The van der Waals surface area contributed by atoms with Gasteiger partial charge in [-0.05, 0) is 49.7 Å². The summed E-state index contributed by atoms with van der Waals surface area (Å²) in [6.45, 7) is 3.81. The van der Waals surface area contributed by atoms with Gasteiger partial charge in [0, 0.05) is 0 Å². The Kier molecular flexibility index (Phi) is 4.00. The van der Waals surface area contributed by atoms with E-state index in [1.165, 1.54) is 0 Å². The molecule has 2 heterocycles. The molecule has 2 aromatic heterocycles. The first-order valence-corrected chi connectivity index (χ1v) is 7.75. The first-order valence-electron chi connectivity index (χ1n) is 7.37. The second-order valence-corrected chi connectivity index (χ2v) is 6.41. The van der Waals surface area contributed by atoms with Crippen LogP contribution in [0.2, 0.25) is 5.15 Å². The molecule has 0 spiro atoms. The van der Waals surface area contributed by atoms with Gasteiger partial charge < -0.3 is 10.3 Å². The Hall–Kier alpha value is -2.84. The van der Waals surface area contributed by atoms with Crippen LogP contribution in [0.5, 0.6) is 0 Å². The van der Waals surface area contributed by atoms with E-state index in [1.54, 1.807) is 30.3 Å². The van der Waals surface area contributed by atoms with Gasteiger partial charge in [-0.15, -0.1) is 0 Å². The Bertz CT molecular complexity index is 951. The number of aromatic amines is 1. The van der Waals surface area contributed by atoms with Crippen molar-refractivity contribution in [2.24, 2.45) is 0 Å². The molecule has 0 aliphatic rings. The first-order chi connectivity index (χ1) is 11.4. The molecule has 2 N–H and O–H groups in total. The molecule has 0 saturated heterocycles. The van der Waals surface area contributed by atoms with Crippen LogP contribution >= 0.6 is 11.6 Å². The summed E-state index contributed by atoms with van der Waals surface area (Å²) in [5.74, 6) is -0.238. The highest BCUT2D eigenvalue weighted by molar-refractivity contribution is 6.29. The molecule has 0 radical (unpaired) electrons.